The van der Waals surface area contributed by atoms with E-state index in [0.717, 1.165) is 5.56 Å². The second-order valence-corrected chi connectivity index (χ2v) is 9.30. The van der Waals surface area contributed by atoms with E-state index in [1.54, 1.807) is 55.1 Å². The van der Waals surface area contributed by atoms with Crippen molar-refractivity contribution >= 4 is 52.3 Å². The molecule has 7 nitrogen and oxygen atoms in total. The van der Waals surface area contributed by atoms with E-state index in [1.807, 2.05) is 30.3 Å². The van der Waals surface area contributed by atoms with Crippen molar-refractivity contribution in [1.29, 1.82) is 0 Å². The van der Waals surface area contributed by atoms with Gasteiger partial charge in [0.15, 0.2) is 5.82 Å². The first-order valence-electron chi connectivity index (χ1n) is 11.0. The van der Waals surface area contributed by atoms with Crippen LogP contribution in [0.1, 0.15) is 18.5 Å². The fraction of sp³-hybridized carbons (Fsp3) is 0.115. The quantitative estimate of drug-likeness (QED) is 0.290. The van der Waals surface area contributed by atoms with Crippen molar-refractivity contribution in [1.82, 2.24) is 14.8 Å². The van der Waals surface area contributed by atoms with Gasteiger partial charge in [-0.2, -0.15) is 4.98 Å². The fourth-order valence-electron chi connectivity index (χ4n) is 4.15. The average Bonchev–Trinajstić information content (AvgIpc) is 3.29. The first-order valence-corrected chi connectivity index (χ1v) is 12.1. The summed E-state index contributed by atoms with van der Waals surface area (Å²) >= 11 is 19.2. The molecule has 0 bridgehead atoms. The average molecular weight is 541 g/mol. The standard InChI is InChI=1S/C26H20Cl3N5O2/c1-14-21(25(35)31-19-11-3-4-12-20(19)36-2)23(17-9-6-10-18(28)22(17)29)34-26(30-14)32-24(33-34)15-7-5-8-16(27)13-15/h3-13,23H,1-2H3,(H,31,35)(H,30,32,33). The molecule has 182 valence electrons. The van der Waals surface area contributed by atoms with E-state index < -0.39 is 6.04 Å². The monoisotopic (exact) mass is 539 g/mol. The van der Waals surface area contributed by atoms with Gasteiger partial charge in [-0.05, 0) is 37.3 Å². The summed E-state index contributed by atoms with van der Waals surface area (Å²) in [5, 5.41) is 12.2. The number of fused-ring (bicyclic) bond motifs is 1. The minimum absolute atomic E-state index is 0.326. The molecule has 0 aliphatic carbocycles. The molecular weight excluding hydrogens is 521 g/mol. The van der Waals surface area contributed by atoms with Crippen molar-refractivity contribution < 1.29 is 9.53 Å². The molecule has 1 aliphatic rings. The SMILES string of the molecule is COc1ccccc1NC(=O)C1=C(C)Nc2nc(-c3cccc(Cl)c3)nn2C1c1cccc(Cl)c1Cl. The Balaban J connectivity index is 1.64. The summed E-state index contributed by atoms with van der Waals surface area (Å²) in [7, 11) is 1.55. The Kier molecular flexibility index (Phi) is 6.62. The molecule has 1 aliphatic heterocycles. The zero-order valence-corrected chi connectivity index (χ0v) is 21.5. The minimum Gasteiger partial charge on any atom is -0.495 e. The van der Waals surface area contributed by atoms with Crippen molar-refractivity contribution in [2.75, 3.05) is 17.7 Å². The number of nitrogens with one attached hydrogen (secondary N) is 2. The number of methoxy groups -OCH3 is 1. The zero-order chi connectivity index (χ0) is 25.4. The maximum atomic E-state index is 13.7. The van der Waals surface area contributed by atoms with Crippen LogP contribution in [0.5, 0.6) is 5.75 Å². The van der Waals surface area contributed by atoms with Crippen LogP contribution >= 0.6 is 34.8 Å². The highest BCUT2D eigenvalue weighted by Crippen LogP contribution is 2.41. The van der Waals surface area contributed by atoms with Gasteiger partial charge in [0.25, 0.3) is 5.91 Å². The lowest BCUT2D eigenvalue weighted by Crippen LogP contribution is -2.31. The molecule has 0 saturated carbocycles. The van der Waals surface area contributed by atoms with Crippen molar-refractivity contribution in [2.24, 2.45) is 0 Å². The number of halogens is 3. The number of anilines is 2. The molecule has 3 aromatic carbocycles. The molecule has 5 rings (SSSR count). The van der Waals surface area contributed by atoms with Crippen LogP contribution < -0.4 is 15.4 Å². The van der Waals surface area contributed by atoms with Crippen molar-refractivity contribution in [3.63, 3.8) is 0 Å². The molecule has 4 aromatic rings. The van der Waals surface area contributed by atoms with Gasteiger partial charge >= 0.3 is 0 Å². The highest BCUT2D eigenvalue weighted by Gasteiger charge is 2.36. The van der Waals surface area contributed by atoms with E-state index >= 15 is 0 Å². The van der Waals surface area contributed by atoms with Gasteiger partial charge in [-0.15, -0.1) is 5.10 Å². The number of hydrogen-bond acceptors (Lipinski definition) is 5. The van der Waals surface area contributed by atoms with E-state index in [1.165, 1.54) is 0 Å². The lowest BCUT2D eigenvalue weighted by Gasteiger charge is -2.29. The van der Waals surface area contributed by atoms with E-state index in [0.29, 0.717) is 55.1 Å². The Bertz CT molecular complexity index is 1520. The number of para-hydroxylation sites is 2. The first-order chi connectivity index (χ1) is 17.4. The highest BCUT2D eigenvalue weighted by molar-refractivity contribution is 6.42. The molecule has 2 heterocycles. The lowest BCUT2D eigenvalue weighted by atomic mass is 9.95. The van der Waals surface area contributed by atoms with Crippen LogP contribution in [0.4, 0.5) is 11.6 Å². The second-order valence-electron chi connectivity index (χ2n) is 8.08. The van der Waals surface area contributed by atoms with Crippen LogP contribution in [0, 0.1) is 0 Å². The summed E-state index contributed by atoms with van der Waals surface area (Å²) in [6.07, 6.45) is 0. The molecule has 10 heteroatoms. The molecule has 1 unspecified atom stereocenters. The number of aromatic nitrogens is 3. The molecule has 2 N–H and O–H groups in total. The number of hydrogen-bond donors (Lipinski definition) is 2. The van der Waals surface area contributed by atoms with E-state index in [4.69, 9.17) is 44.6 Å². The molecule has 1 amide bonds. The second kappa shape index (κ2) is 9.85. The molecule has 1 aromatic heterocycles. The van der Waals surface area contributed by atoms with E-state index in [9.17, 15) is 4.79 Å². The van der Waals surface area contributed by atoms with Crippen LogP contribution in [0.15, 0.2) is 78.0 Å². The van der Waals surface area contributed by atoms with Crippen molar-refractivity contribution in [3.05, 3.63) is 98.6 Å². The number of carbonyl (C=O) groups is 1. The van der Waals surface area contributed by atoms with Crippen molar-refractivity contribution in [2.45, 2.75) is 13.0 Å². The smallest absolute Gasteiger partial charge is 0.255 e. The van der Waals surface area contributed by atoms with Crippen LogP contribution in [-0.2, 0) is 4.79 Å². The third-order valence-corrected chi connectivity index (χ3v) is 6.88. The predicted octanol–water partition coefficient (Wildman–Crippen LogP) is 6.84. The van der Waals surface area contributed by atoms with Crippen LogP contribution in [-0.4, -0.2) is 27.8 Å². The zero-order valence-electron chi connectivity index (χ0n) is 19.2. The van der Waals surface area contributed by atoms with Gasteiger partial charge in [0.2, 0.25) is 5.95 Å². The predicted molar refractivity (Wildman–Crippen MR) is 143 cm³/mol. The fourth-order valence-corrected chi connectivity index (χ4v) is 4.75. The van der Waals surface area contributed by atoms with Gasteiger partial charge in [-0.3, -0.25) is 4.79 Å². The van der Waals surface area contributed by atoms with E-state index in [2.05, 4.69) is 15.6 Å². The number of carbonyl (C=O) groups excluding carboxylic acids is 1. The molecule has 1 atom stereocenters. The third-order valence-electron chi connectivity index (χ3n) is 5.81. The van der Waals surface area contributed by atoms with Gasteiger partial charge in [0, 0.05) is 21.8 Å². The molecule has 0 spiro atoms. The summed E-state index contributed by atoms with van der Waals surface area (Å²) in [6, 6.07) is 19.0. The van der Waals surface area contributed by atoms with Crippen molar-refractivity contribution in [3.8, 4) is 17.1 Å². The highest BCUT2D eigenvalue weighted by atomic mass is 35.5. The van der Waals surface area contributed by atoms with Gasteiger partial charge in [0.05, 0.1) is 28.4 Å². The number of ether oxygens (including phenoxy) is 1. The molecule has 0 saturated heterocycles. The number of nitrogens with zero attached hydrogens (tertiary/aromatic N) is 3. The van der Waals surface area contributed by atoms with Crippen LogP contribution in [0.25, 0.3) is 11.4 Å². The number of rotatable bonds is 5. The lowest BCUT2D eigenvalue weighted by molar-refractivity contribution is -0.113. The summed E-state index contributed by atoms with van der Waals surface area (Å²) in [4.78, 5) is 18.4. The summed E-state index contributed by atoms with van der Waals surface area (Å²) in [6.45, 7) is 1.81. The summed E-state index contributed by atoms with van der Waals surface area (Å²) < 4.78 is 7.04. The maximum Gasteiger partial charge on any atom is 0.255 e. The van der Waals surface area contributed by atoms with Gasteiger partial charge in [-0.1, -0.05) is 71.2 Å². The third kappa shape index (κ3) is 4.41. The summed E-state index contributed by atoms with van der Waals surface area (Å²) in [5.74, 6) is 1.09. The van der Waals surface area contributed by atoms with Crippen LogP contribution in [0.2, 0.25) is 15.1 Å². The number of benzene rings is 3. The van der Waals surface area contributed by atoms with E-state index in [-0.39, 0.29) is 5.91 Å². The number of amides is 1. The number of allylic oxidation sites excluding steroid dienone is 1. The van der Waals surface area contributed by atoms with Gasteiger partial charge < -0.3 is 15.4 Å². The Morgan fingerprint density at radius 3 is 2.61 bits per heavy atom. The summed E-state index contributed by atoms with van der Waals surface area (Å²) in [5.41, 5.74) is 2.88. The Hall–Kier alpha value is -3.52. The van der Waals surface area contributed by atoms with Gasteiger partial charge in [0.1, 0.15) is 11.8 Å². The molecule has 0 radical (unpaired) electrons. The molecule has 36 heavy (non-hydrogen) atoms. The molecule has 0 fully saturated rings. The Morgan fingerprint density at radius 2 is 1.83 bits per heavy atom. The minimum atomic E-state index is -0.706. The van der Waals surface area contributed by atoms with Crippen LogP contribution in [0.3, 0.4) is 0 Å². The topological polar surface area (TPSA) is 81.1 Å². The first kappa shape index (κ1) is 24.2. The largest absolute Gasteiger partial charge is 0.495 e. The Morgan fingerprint density at radius 1 is 1.06 bits per heavy atom. The Labute approximate surface area is 222 Å². The normalized spacial score (nSPS) is 14.8. The van der Waals surface area contributed by atoms with Gasteiger partial charge in [-0.25, -0.2) is 4.68 Å². The molecular formula is C26H20Cl3N5O2. The maximum absolute atomic E-state index is 13.7.